The van der Waals surface area contributed by atoms with Crippen LogP contribution in [-0.4, -0.2) is 18.0 Å². The summed E-state index contributed by atoms with van der Waals surface area (Å²) >= 11 is 0. The highest BCUT2D eigenvalue weighted by Gasteiger charge is 2.74. The molecule has 0 bridgehead atoms. The fraction of sp³-hybridized carbons (Fsp3) is 0.500. The van der Waals surface area contributed by atoms with Crippen molar-refractivity contribution in [3.8, 4) is 5.88 Å². The van der Waals surface area contributed by atoms with Crippen molar-refractivity contribution in [3.63, 3.8) is 0 Å². The van der Waals surface area contributed by atoms with Crippen molar-refractivity contribution in [1.29, 1.82) is 0 Å². The van der Waals surface area contributed by atoms with E-state index in [1.165, 1.54) is 0 Å². The quantitative estimate of drug-likeness (QED) is 0.823. The Morgan fingerprint density at radius 2 is 2.38 bits per heavy atom. The molecule has 1 aromatic rings. The highest BCUT2D eigenvalue weighted by Crippen LogP contribution is 2.75. The predicted molar refractivity (Wildman–Crippen MR) is 57.8 cm³/mol. The number of methoxy groups -OCH3 is 1. The number of carbonyl (C=O) groups excluding carboxylic acids is 1. The van der Waals surface area contributed by atoms with Crippen LogP contribution in [0.3, 0.4) is 0 Å². The van der Waals surface area contributed by atoms with Gasteiger partial charge in [0, 0.05) is 18.8 Å². The summed E-state index contributed by atoms with van der Waals surface area (Å²) in [7, 11) is 1.59. The van der Waals surface area contributed by atoms with Gasteiger partial charge in [-0.25, -0.2) is 4.98 Å². The first-order valence-electron chi connectivity index (χ1n) is 5.52. The number of pyridine rings is 1. The third-order valence-corrected chi connectivity index (χ3v) is 3.59. The summed E-state index contributed by atoms with van der Waals surface area (Å²) in [6, 6.07) is 3.72. The molecule has 4 nitrogen and oxygen atoms in total. The van der Waals surface area contributed by atoms with Crippen LogP contribution >= 0.6 is 0 Å². The molecule has 0 unspecified atom stereocenters. The number of amides is 1. The molecule has 84 valence electrons. The van der Waals surface area contributed by atoms with Crippen molar-refractivity contribution in [2.24, 2.45) is 11.3 Å². The number of nitrogens with one attached hydrogen (secondary N) is 1. The molecule has 2 fully saturated rings. The van der Waals surface area contributed by atoms with Crippen LogP contribution in [0.1, 0.15) is 18.4 Å². The van der Waals surface area contributed by atoms with Gasteiger partial charge in [-0.15, -0.1) is 0 Å². The molecule has 0 radical (unpaired) electrons. The lowest BCUT2D eigenvalue weighted by atomic mass is 10.2. The molecular formula is C12H14N2O2. The molecule has 1 aromatic heterocycles. The number of aromatic nitrogens is 1. The lowest BCUT2D eigenvalue weighted by Crippen LogP contribution is -2.27. The van der Waals surface area contributed by atoms with Crippen LogP contribution < -0.4 is 10.1 Å². The van der Waals surface area contributed by atoms with Crippen LogP contribution in [0.5, 0.6) is 5.88 Å². The third kappa shape index (κ3) is 1.45. The number of hydrogen-bond acceptors (Lipinski definition) is 3. The maximum Gasteiger partial charge on any atom is 0.226 e. The van der Waals surface area contributed by atoms with Crippen LogP contribution in [0.4, 0.5) is 0 Å². The molecule has 3 rings (SSSR count). The highest BCUT2D eigenvalue weighted by molar-refractivity contribution is 5.89. The van der Waals surface area contributed by atoms with Crippen LogP contribution in [0.2, 0.25) is 0 Å². The molecular weight excluding hydrogens is 204 g/mol. The Hall–Kier alpha value is -1.58. The summed E-state index contributed by atoms with van der Waals surface area (Å²) in [6.45, 7) is 0.560. The molecule has 0 saturated heterocycles. The molecule has 1 heterocycles. The van der Waals surface area contributed by atoms with Crippen LogP contribution in [0, 0.1) is 11.3 Å². The van der Waals surface area contributed by atoms with E-state index in [1.807, 2.05) is 6.07 Å². The van der Waals surface area contributed by atoms with E-state index >= 15 is 0 Å². The first kappa shape index (κ1) is 9.63. The van der Waals surface area contributed by atoms with Crippen molar-refractivity contribution in [2.75, 3.05) is 7.11 Å². The summed E-state index contributed by atoms with van der Waals surface area (Å²) in [6.07, 6.45) is 3.92. The standard InChI is InChI=1S/C12H14N2O2/c1-16-10-3-2-8(6-13-10)7-14-11(15)12-4-9(12)5-12/h2-3,6,9H,4-5,7H2,1H3,(H,14,15). The molecule has 0 atom stereocenters. The van der Waals surface area contributed by atoms with Crippen molar-refractivity contribution < 1.29 is 9.53 Å². The van der Waals surface area contributed by atoms with Crippen LogP contribution in [0.25, 0.3) is 0 Å². The molecule has 0 aliphatic heterocycles. The van der Waals surface area contributed by atoms with E-state index in [1.54, 1.807) is 19.4 Å². The normalized spacial score (nSPS) is 29.2. The molecule has 4 heteroatoms. The SMILES string of the molecule is COc1ccc(CNC(=O)C23CC2C3)cn1. The smallest absolute Gasteiger partial charge is 0.226 e. The Balaban J connectivity index is 1.55. The number of rotatable bonds is 4. The maximum absolute atomic E-state index is 11.7. The summed E-state index contributed by atoms with van der Waals surface area (Å²) in [5.74, 6) is 1.51. The van der Waals surface area contributed by atoms with Gasteiger partial charge in [-0.05, 0) is 24.3 Å². The van der Waals surface area contributed by atoms with E-state index in [4.69, 9.17) is 4.74 Å². The minimum Gasteiger partial charge on any atom is -0.481 e. The lowest BCUT2D eigenvalue weighted by molar-refractivity contribution is -0.124. The summed E-state index contributed by atoms with van der Waals surface area (Å²) in [5.41, 5.74) is 1.06. The summed E-state index contributed by atoms with van der Waals surface area (Å²) in [5, 5.41) is 2.96. The Labute approximate surface area is 94.0 Å². The number of nitrogens with zero attached hydrogens (tertiary/aromatic N) is 1. The molecule has 16 heavy (non-hydrogen) atoms. The number of fused-ring (bicyclic) bond motifs is 1. The zero-order valence-electron chi connectivity index (χ0n) is 9.19. The second-order valence-corrected chi connectivity index (χ2v) is 4.65. The Morgan fingerprint density at radius 1 is 1.62 bits per heavy atom. The number of carbonyl (C=O) groups is 1. The third-order valence-electron chi connectivity index (χ3n) is 3.59. The molecule has 0 spiro atoms. The number of hydrogen-bond donors (Lipinski definition) is 1. The van der Waals surface area contributed by atoms with Crippen LogP contribution in [-0.2, 0) is 11.3 Å². The van der Waals surface area contributed by atoms with E-state index in [0.29, 0.717) is 18.3 Å². The van der Waals surface area contributed by atoms with Crippen LogP contribution in [0.15, 0.2) is 18.3 Å². The lowest BCUT2D eigenvalue weighted by Gasteiger charge is -2.07. The van der Waals surface area contributed by atoms with E-state index in [-0.39, 0.29) is 11.3 Å². The van der Waals surface area contributed by atoms with Crippen molar-refractivity contribution in [3.05, 3.63) is 23.9 Å². The van der Waals surface area contributed by atoms with E-state index in [0.717, 1.165) is 18.4 Å². The number of ether oxygens (including phenoxy) is 1. The Morgan fingerprint density at radius 3 is 2.88 bits per heavy atom. The predicted octanol–water partition coefficient (Wildman–Crippen LogP) is 1.12. The molecule has 2 aliphatic rings. The van der Waals surface area contributed by atoms with Gasteiger partial charge in [0.1, 0.15) is 0 Å². The zero-order chi connectivity index (χ0) is 11.2. The van der Waals surface area contributed by atoms with Gasteiger partial charge in [0.2, 0.25) is 11.8 Å². The average molecular weight is 218 g/mol. The van der Waals surface area contributed by atoms with Crippen molar-refractivity contribution in [2.45, 2.75) is 19.4 Å². The van der Waals surface area contributed by atoms with Gasteiger partial charge in [-0.1, -0.05) is 6.07 Å². The highest BCUT2D eigenvalue weighted by atomic mass is 16.5. The van der Waals surface area contributed by atoms with Crippen molar-refractivity contribution >= 4 is 5.91 Å². The summed E-state index contributed by atoms with van der Waals surface area (Å²) in [4.78, 5) is 15.8. The minimum absolute atomic E-state index is 0.0555. The van der Waals surface area contributed by atoms with E-state index in [2.05, 4.69) is 10.3 Å². The Kier molecular flexibility index (Phi) is 1.93. The monoisotopic (exact) mass is 218 g/mol. The second-order valence-electron chi connectivity index (χ2n) is 4.65. The van der Waals surface area contributed by atoms with E-state index < -0.39 is 0 Å². The fourth-order valence-electron chi connectivity index (χ4n) is 2.07. The first-order chi connectivity index (χ1) is 7.74. The van der Waals surface area contributed by atoms with Gasteiger partial charge < -0.3 is 10.1 Å². The van der Waals surface area contributed by atoms with Gasteiger partial charge in [-0.2, -0.15) is 0 Å². The van der Waals surface area contributed by atoms with Gasteiger partial charge in [0.05, 0.1) is 12.5 Å². The molecule has 0 aromatic carbocycles. The van der Waals surface area contributed by atoms with Gasteiger partial charge in [0.15, 0.2) is 0 Å². The van der Waals surface area contributed by atoms with Crippen molar-refractivity contribution in [1.82, 2.24) is 10.3 Å². The topological polar surface area (TPSA) is 51.2 Å². The van der Waals surface area contributed by atoms with Gasteiger partial charge in [0.25, 0.3) is 0 Å². The molecule has 1 amide bonds. The summed E-state index contributed by atoms with van der Waals surface area (Å²) < 4.78 is 4.97. The maximum atomic E-state index is 11.7. The molecule has 1 N–H and O–H groups in total. The Bertz CT molecular complexity index is 421. The molecule has 2 saturated carbocycles. The first-order valence-corrected chi connectivity index (χ1v) is 5.52. The fourth-order valence-corrected chi connectivity index (χ4v) is 2.07. The second kappa shape index (κ2) is 3.20. The molecule has 2 aliphatic carbocycles. The van der Waals surface area contributed by atoms with Gasteiger partial charge >= 0.3 is 0 Å². The van der Waals surface area contributed by atoms with Gasteiger partial charge in [-0.3, -0.25) is 4.79 Å². The largest absolute Gasteiger partial charge is 0.481 e. The van der Waals surface area contributed by atoms with E-state index in [9.17, 15) is 4.79 Å². The zero-order valence-corrected chi connectivity index (χ0v) is 9.19. The minimum atomic E-state index is 0.0555. The average Bonchev–Trinajstić information content (AvgIpc) is 3.15.